The summed E-state index contributed by atoms with van der Waals surface area (Å²) in [7, 11) is 0. The van der Waals surface area contributed by atoms with E-state index in [1.165, 1.54) is 12.1 Å². The second-order valence-electron chi connectivity index (χ2n) is 5.38. The molecule has 5 nitrogen and oxygen atoms in total. The van der Waals surface area contributed by atoms with Crippen LogP contribution < -0.4 is 10.6 Å². The fourth-order valence-electron chi connectivity index (χ4n) is 2.37. The van der Waals surface area contributed by atoms with Crippen molar-refractivity contribution in [3.05, 3.63) is 34.6 Å². The largest absolute Gasteiger partial charge is 0.387 e. The lowest BCUT2D eigenvalue weighted by molar-refractivity contribution is 0.0856. The number of benzene rings is 1. The van der Waals surface area contributed by atoms with E-state index in [2.05, 4.69) is 10.6 Å². The van der Waals surface area contributed by atoms with Crippen molar-refractivity contribution in [3.63, 3.8) is 0 Å². The van der Waals surface area contributed by atoms with Crippen molar-refractivity contribution in [1.29, 1.82) is 0 Å². The normalized spacial score (nSPS) is 20.5. The smallest absolute Gasteiger partial charge is 0.315 e. The van der Waals surface area contributed by atoms with Crippen LogP contribution in [0.3, 0.4) is 0 Å². The topological polar surface area (TPSA) is 70.6 Å². The fraction of sp³-hybridized carbons (Fsp3) is 0.533. The predicted octanol–water partition coefficient (Wildman–Crippen LogP) is 2.38. The van der Waals surface area contributed by atoms with Gasteiger partial charge in [-0.15, -0.1) is 0 Å². The summed E-state index contributed by atoms with van der Waals surface area (Å²) < 4.78 is 18.8. The second-order valence-corrected chi connectivity index (χ2v) is 5.79. The molecule has 1 aromatic carbocycles. The molecule has 0 aromatic heterocycles. The van der Waals surface area contributed by atoms with Crippen LogP contribution in [0, 0.1) is 5.82 Å². The first-order chi connectivity index (χ1) is 10.5. The van der Waals surface area contributed by atoms with E-state index in [1.807, 2.05) is 6.92 Å². The van der Waals surface area contributed by atoms with Crippen molar-refractivity contribution in [3.8, 4) is 0 Å². The average molecular weight is 331 g/mol. The van der Waals surface area contributed by atoms with E-state index in [4.69, 9.17) is 16.3 Å². The Bertz CT molecular complexity index is 524. The number of amides is 2. The lowest BCUT2D eigenvalue weighted by atomic mass is 10.1. The van der Waals surface area contributed by atoms with Gasteiger partial charge in [-0.1, -0.05) is 17.7 Å². The SMILES string of the molecule is C[C@@H](NC(=O)NC[C@H](O)c1ccc(Cl)c(F)c1)[C@H]1CCCO1. The Hall–Kier alpha value is -1.37. The van der Waals surface area contributed by atoms with Gasteiger partial charge in [0.05, 0.1) is 23.3 Å². The van der Waals surface area contributed by atoms with Crippen LogP contribution in [-0.4, -0.2) is 36.4 Å². The Morgan fingerprint density at radius 1 is 1.59 bits per heavy atom. The van der Waals surface area contributed by atoms with E-state index in [9.17, 15) is 14.3 Å². The molecule has 122 valence electrons. The number of halogens is 2. The summed E-state index contributed by atoms with van der Waals surface area (Å²) in [5.74, 6) is -0.602. The molecule has 2 amide bonds. The maximum atomic E-state index is 13.3. The van der Waals surface area contributed by atoms with Crippen LogP contribution in [-0.2, 0) is 4.74 Å². The number of aliphatic hydroxyl groups excluding tert-OH is 1. The van der Waals surface area contributed by atoms with Gasteiger partial charge in [0.25, 0.3) is 0 Å². The highest BCUT2D eigenvalue weighted by Gasteiger charge is 2.23. The molecule has 1 saturated heterocycles. The Morgan fingerprint density at radius 2 is 2.36 bits per heavy atom. The zero-order valence-corrected chi connectivity index (χ0v) is 13.1. The van der Waals surface area contributed by atoms with E-state index >= 15 is 0 Å². The summed E-state index contributed by atoms with van der Waals surface area (Å²) >= 11 is 5.58. The van der Waals surface area contributed by atoms with E-state index in [-0.39, 0.29) is 23.7 Å². The van der Waals surface area contributed by atoms with E-state index in [1.54, 1.807) is 0 Å². The minimum Gasteiger partial charge on any atom is -0.387 e. The first kappa shape index (κ1) is 17.0. The molecule has 3 N–H and O–H groups in total. The van der Waals surface area contributed by atoms with Gasteiger partial charge in [-0.3, -0.25) is 0 Å². The van der Waals surface area contributed by atoms with E-state index in [0.29, 0.717) is 5.56 Å². The monoisotopic (exact) mass is 330 g/mol. The van der Waals surface area contributed by atoms with Gasteiger partial charge in [-0.05, 0) is 37.5 Å². The molecule has 1 heterocycles. The highest BCUT2D eigenvalue weighted by molar-refractivity contribution is 6.30. The van der Waals surface area contributed by atoms with Crippen LogP contribution in [0.5, 0.6) is 0 Å². The number of urea groups is 1. The van der Waals surface area contributed by atoms with Crippen molar-refractivity contribution in [2.24, 2.45) is 0 Å². The lowest BCUT2D eigenvalue weighted by Gasteiger charge is -2.21. The lowest BCUT2D eigenvalue weighted by Crippen LogP contribution is -2.46. The van der Waals surface area contributed by atoms with Gasteiger partial charge in [-0.25, -0.2) is 9.18 Å². The van der Waals surface area contributed by atoms with Gasteiger partial charge in [-0.2, -0.15) is 0 Å². The second kappa shape index (κ2) is 7.76. The number of carbonyl (C=O) groups is 1. The molecule has 1 fully saturated rings. The molecule has 0 unspecified atom stereocenters. The Balaban J connectivity index is 1.78. The Kier molecular flexibility index (Phi) is 5.99. The standard InChI is InChI=1S/C15H20ClFN2O3/c1-9(14-3-2-6-22-14)19-15(21)18-8-13(20)10-4-5-11(16)12(17)7-10/h4-5,7,9,13-14,20H,2-3,6,8H2,1H3,(H2,18,19,21)/t9-,13+,14-/m1/s1. The predicted molar refractivity (Wildman–Crippen MR) is 81.3 cm³/mol. The van der Waals surface area contributed by atoms with Gasteiger partial charge in [0.15, 0.2) is 0 Å². The summed E-state index contributed by atoms with van der Waals surface area (Å²) in [6.07, 6.45) is 0.949. The van der Waals surface area contributed by atoms with Crippen molar-refractivity contribution >= 4 is 17.6 Å². The fourth-order valence-corrected chi connectivity index (χ4v) is 2.49. The van der Waals surface area contributed by atoms with Crippen LogP contribution in [0.2, 0.25) is 5.02 Å². The average Bonchev–Trinajstić information content (AvgIpc) is 3.02. The molecule has 1 aliphatic heterocycles. The molecule has 0 saturated carbocycles. The van der Waals surface area contributed by atoms with Gasteiger partial charge in [0.2, 0.25) is 0 Å². The molecule has 22 heavy (non-hydrogen) atoms. The minimum atomic E-state index is -1.00. The van der Waals surface area contributed by atoms with Crippen molar-refractivity contribution < 1.29 is 19.0 Å². The zero-order chi connectivity index (χ0) is 16.1. The third-order valence-corrected chi connectivity index (χ3v) is 3.97. The maximum Gasteiger partial charge on any atom is 0.315 e. The van der Waals surface area contributed by atoms with Crippen LogP contribution >= 0.6 is 11.6 Å². The molecule has 2 rings (SSSR count). The van der Waals surface area contributed by atoms with Gasteiger partial charge in [0.1, 0.15) is 5.82 Å². The number of aliphatic hydroxyl groups is 1. The van der Waals surface area contributed by atoms with Gasteiger partial charge in [0, 0.05) is 13.2 Å². The maximum absolute atomic E-state index is 13.3. The number of ether oxygens (including phenoxy) is 1. The molecule has 7 heteroatoms. The molecule has 0 radical (unpaired) electrons. The minimum absolute atomic E-state index is 0.00737. The number of rotatable bonds is 5. The van der Waals surface area contributed by atoms with E-state index < -0.39 is 18.0 Å². The van der Waals surface area contributed by atoms with Crippen LogP contribution in [0.4, 0.5) is 9.18 Å². The van der Waals surface area contributed by atoms with Crippen LogP contribution in [0.25, 0.3) is 0 Å². The summed E-state index contributed by atoms with van der Waals surface area (Å²) in [5, 5.41) is 15.3. The highest BCUT2D eigenvalue weighted by Crippen LogP contribution is 2.20. The third-order valence-electron chi connectivity index (χ3n) is 3.67. The summed E-state index contributed by atoms with van der Waals surface area (Å²) in [6.45, 7) is 2.57. The van der Waals surface area contributed by atoms with Crippen molar-refractivity contribution in [2.75, 3.05) is 13.2 Å². The molecule has 1 aromatic rings. The molecule has 1 aliphatic rings. The van der Waals surface area contributed by atoms with Gasteiger partial charge >= 0.3 is 6.03 Å². The number of carbonyl (C=O) groups excluding carboxylic acids is 1. The molecular formula is C15H20ClFN2O3. The molecule has 0 spiro atoms. The van der Waals surface area contributed by atoms with Crippen molar-refractivity contribution in [1.82, 2.24) is 10.6 Å². The molecular weight excluding hydrogens is 311 g/mol. The van der Waals surface area contributed by atoms with Crippen LogP contribution in [0.15, 0.2) is 18.2 Å². The molecule has 3 atom stereocenters. The Labute approximate surface area is 133 Å². The molecule has 0 bridgehead atoms. The summed E-state index contributed by atoms with van der Waals surface area (Å²) in [5.41, 5.74) is 0.356. The number of nitrogens with one attached hydrogen (secondary N) is 2. The van der Waals surface area contributed by atoms with E-state index in [0.717, 1.165) is 25.5 Å². The van der Waals surface area contributed by atoms with Gasteiger partial charge < -0.3 is 20.5 Å². The van der Waals surface area contributed by atoms with Crippen molar-refractivity contribution in [2.45, 2.75) is 38.0 Å². The first-order valence-electron chi connectivity index (χ1n) is 7.26. The third kappa shape index (κ3) is 4.56. The number of hydrogen-bond donors (Lipinski definition) is 3. The highest BCUT2D eigenvalue weighted by atomic mass is 35.5. The zero-order valence-electron chi connectivity index (χ0n) is 12.3. The Morgan fingerprint density at radius 3 is 3.00 bits per heavy atom. The molecule has 0 aliphatic carbocycles. The summed E-state index contributed by atoms with van der Waals surface area (Å²) in [4.78, 5) is 11.8. The number of hydrogen-bond acceptors (Lipinski definition) is 3. The first-order valence-corrected chi connectivity index (χ1v) is 7.64. The van der Waals surface area contributed by atoms with Crippen LogP contribution in [0.1, 0.15) is 31.4 Å². The quantitative estimate of drug-likeness (QED) is 0.776. The summed E-state index contributed by atoms with van der Waals surface area (Å²) in [6, 6.07) is 3.55.